The first-order chi connectivity index (χ1) is 20.2. The van der Waals surface area contributed by atoms with Crippen molar-refractivity contribution in [3.63, 3.8) is 0 Å². The summed E-state index contributed by atoms with van der Waals surface area (Å²) in [6.07, 6.45) is 0.379. The van der Waals surface area contributed by atoms with Crippen LogP contribution >= 0.6 is 0 Å². The van der Waals surface area contributed by atoms with Crippen molar-refractivity contribution in [1.82, 2.24) is 25.8 Å². The van der Waals surface area contributed by atoms with Crippen molar-refractivity contribution in [3.05, 3.63) is 41.3 Å². The first kappa shape index (κ1) is 29.4. The maximum Gasteiger partial charge on any atom is 0.393 e. The number of alkyl halides is 6. The Hall–Kier alpha value is -3.65. The van der Waals surface area contributed by atoms with E-state index in [1.165, 1.54) is 18.3 Å². The highest BCUT2D eigenvalue weighted by Gasteiger charge is 2.88. The van der Waals surface area contributed by atoms with E-state index in [2.05, 4.69) is 25.8 Å². The number of hydrogen-bond donors (Lipinski definition) is 4. The highest BCUT2D eigenvalue weighted by Crippen LogP contribution is 2.81. The van der Waals surface area contributed by atoms with E-state index in [0.29, 0.717) is 5.69 Å². The van der Waals surface area contributed by atoms with Crippen LogP contribution in [-0.2, 0) is 10.2 Å². The van der Waals surface area contributed by atoms with E-state index in [1.54, 1.807) is 0 Å². The summed E-state index contributed by atoms with van der Waals surface area (Å²) in [5.74, 6) is -6.70. The Bertz CT molecular complexity index is 1450. The molecule has 232 valence electrons. The first-order valence-electron chi connectivity index (χ1n) is 14.2. The molecule has 1 saturated heterocycles. The van der Waals surface area contributed by atoms with Crippen LogP contribution in [0, 0.1) is 23.2 Å². The normalized spacial score (nSPS) is 30.9. The van der Waals surface area contributed by atoms with Crippen LogP contribution < -0.4 is 10.6 Å². The Morgan fingerprint density at radius 1 is 1.23 bits per heavy atom. The van der Waals surface area contributed by atoms with Crippen LogP contribution in [0.1, 0.15) is 85.0 Å². The number of allylic oxidation sites excluding steroid dienone is 1. The molecule has 6 rings (SSSR count). The molecule has 2 aromatic rings. The third-order valence-electron chi connectivity index (χ3n) is 9.34. The second kappa shape index (κ2) is 10.2. The summed E-state index contributed by atoms with van der Waals surface area (Å²) in [6.45, 7) is -0.483. The van der Waals surface area contributed by atoms with Crippen LogP contribution in [0.5, 0.6) is 0 Å². The van der Waals surface area contributed by atoms with Crippen LogP contribution in [-0.4, -0.2) is 57.0 Å². The van der Waals surface area contributed by atoms with Gasteiger partial charge >= 0.3 is 6.18 Å². The molecule has 0 aromatic carbocycles. The molecule has 2 amide bonds. The highest BCUT2D eigenvalue weighted by molar-refractivity contribution is 5.98. The number of rotatable bonds is 9. The average Bonchev–Trinajstić information content (AvgIpc) is 3.44. The summed E-state index contributed by atoms with van der Waals surface area (Å²) >= 11 is 0. The van der Waals surface area contributed by atoms with Crippen LogP contribution in [0.2, 0.25) is 0 Å². The van der Waals surface area contributed by atoms with E-state index in [0.717, 1.165) is 6.26 Å². The predicted octanol–water partition coefficient (Wildman–Crippen LogP) is 5.19. The Morgan fingerprint density at radius 2 is 1.93 bits per heavy atom. The van der Waals surface area contributed by atoms with Gasteiger partial charge in [0, 0.05) is 37.4 Å². The zero-order valence-corrected chi connectivity index (χ0v) is 22.9. The van der Waals surface area contributed by atoms with E-state index in [1.807, 2.05) is 0 Å². The molecular formula is C28H30F6N6O3. The van der Waals surface area contributed by atoms with Crippen molar-refractivity contribution in [3.8, 4) is 0 Å². The molecule has 3 heterocycles. The number of carbonyl (C=O) groups is 2. The Labute approximate surface area is 241 Å². The van der Waals surface area contributed by atoms with Gasteiger partial charge in [-0.25, -0.2) is 18.2 Å². The molecule has 3 aliphatic carbocycles. The summed E-state index contributed by atoms with van der Waals surface area (Å²) in [4.78, 5) is 32.7. The number of nitrogens with one attached hydrogen (secondary N) is 4. The maximum absolute atomic E-state index is 14.4. The molecule has 4 fully saturated rings. The summed E-state index contributed by atoms with van der Waals surface area (Å²) in [5, 5.41) is 17.2. The van der Waals surface area contributed by atoms with Gasteiger partial charge in [-0.3, -0.25) is 9.59 Å². The van der Waals surface area contributed by atoms with Gasteiger partial charge in [0.2, 0.25) is 11.8 Å². The first-order valence-corrected chi connectivity index (χ1v) is 14.2. The van der Waals surface area contributed by atoms with Crippen molar-refractivity contribution < 1.29 is 40.5 Å². The van der Waals surface area contributed by atoms with E-state index < -0.39 is 65.8 Å². The maximum atomic E-state index is 14.4. The van der Waals surface area contributed by atoms with Gasteiger partial charge in [-0.2, -0.15) is 13.2 Å². The van der Waals surface area contributed by atoms with E-state index in [9.17, 15) is 35.9 Å². The third-order valence-corrected chi connectivity index (χ3v) is 9.34. The minimum absolute atomic E-state index is 0.0799. The molecule has 0 spiro atoms. The fourth-order valence-corrected chi connectivity index (χ4v) is 6.44. The summed E-state index contributed by atoms with van der Waals surface area (Å²) in [5.41, 5.74) is -1.46. The number of piperidine rings is 1. The predicted molar refractivity (Wildman–Crippen MR) is 139 cm³/mol. The fraction of sp³-hybridized carbons (Fsp3) is 0.607. The molecule has 2 aromatic heterocycles. The zero-order valence-electron chi connectivity index (χ0n) is 22.9. The van der Waals surface area contributed by atoms with Crippen molar-refractivity contribution in [2.75, 3.05) is 6.54 Å². The average molecular weight is 613 g/mol. The minimum atomic E-state index is -4.45. The Balaban J connectivity index is 1.15. The summed E-state index contributed by atoms with van der Waals surface area (Å²) in [6, 6.07) is -0.753. The molecule has 4 aliphatic rings. The lowest BCUT2D eigenvalue weighted by Crippen LogP contribution is -2.46. The van der Waals surface area contributed by atoms with Crippen molar-refractivity contribution in [2.45, 2.75) is 80.6 Å². The van der Waals surface area contributed by atoms with Gasteiger partial charge in [0.05, 0.1) is 29.3 Å². The zero-order chi connectivity index (χ0) is 30.8. The smallest absolute Gasteiger partial charge is 0.364 e. The van der Waals surface area contributed by atoms with Crippen molar-refractivity contribution >= 4 is 23.6 Å². The molecule has 4 N–H and O–H groups in total. The number of nitrogens with zero attached hydrogens (tertiary/aromatic N) is 2. The summed E-state index contributed by atoms with van der Waals surface area (Å²) in [7, 11) is 0. The number of carbonyl (C=O) groups excluding carboxylic acids is 2. The van der Waals surface area contributed by atoms with Crippen LogP contribution in [0.15, 0.2) is 23.1 Å². The molecule has 3 atom stereocenters. The largest absolute Gasteiger partial charge is 0.393 e. The number of aromatic nitrogens is 3. The molecule has 1 unspecified atom stereocenters. The van der Waals surface area contributed by atoms with Crippen LogP contribution in [0.25, 0.3) is 6.08 Å². The van der Waals surface area contributed by atoms with Gasteiger partial charge in [-0.1, -0.05) is 5.16 Å². The monoisotopic (exact) mass is 612 g/mol. The number of halogens is 6. The third kappa shape index (κ3) is 5.69. The topological polar surface area (TPSA) is 137 Å². The van der Waals surface area contributed by atoms with Gasteiger partial charge < -0.3 is 25.5 Å². The molecule has 1 aliphatic heterocycles. The number of fused-ring (bicyclic) bond motifs is 1. The standard InChI is InChI=1S/C28H30F6N6O3/c29-26-12-25(26,13-26)22-18(11-43-40-22)24(42)39-21(14-3-5-27(30,31)6-4-14)19-10-36-20(38-19)2-1-17(35)8-15-7-16(28(32,33)34)9-37-23(15)41/h1-2,10-11,14-16,21,35H,3-9,12-13H2,(H,36,38)(H,37,41)(H,39,42)/b2-1-,35-17?/t15?,16-,21+,25?,26?/m1/s1. The lowest BCUT2D eigenvalue weighted by atomic mass is 9.81. The Kier molecular flexibility index (Phi) is 6.99. The molecule has 15 heteroatoms. The second-order valence-electron chi connectivity index (χ2n) is 12.3. The quantitative estimate of drug-likeness (QED) is 0.228. The highest BCUT2D eigenvalue weighted by atomic mass is 19.4. The Morgan fingerprint density at radius 3 is 2.58 bits per heavy atom. The van der Waals surface area contributed by atoms with Gasteiger partial charge in [0.1, 0.15) is 29.0 Å². The van der Waals surface area contributed by atoms with Gasteiger partial charge in [-0.15, -0.1) is 0 Å². The van der Waals surface area contributed by atoms with Gasteiger partial charge in [0.25, 0.3) is 5.91 Å². The number of hydrogen-bond acceptors (Lipinski definition) is 6. The van der Waals surface area contributed by atoms with Crippen LogP contribution in [0.4, 0.5) is 26.3 Å². The number of imidazole rings is 1. The second-order valence-corrected chi connectivity index (χ2v) is 12.3. The molecule has 3 saturated carbocycles. The lowest BCUT2D eigenvalue weighted by molar-refractivity contribution is -0.183. The fourth-order valence-electron chi connectivity index (χ4n) is 6.44. The summed E-state index contributed by atoms with van der Waals surface area (Å²) < 4.78 is 86.6. The van der Waals surface area contributed by atoms with Gasteiger partial charge in [-0.05, 0) is 50.2 Å². The van der Waals surface area contributed by atoms with Gasteiger partial charge in [0.15, 0.2) is 0 Å². The number of H-pyrrole nitrogens is 1. The van der Waals surface area contributed by atoms with E-state index in [-0.39, 0.29) is 73.7 Å². The molecule has 0 radical (unpaired) electrons. The molecule has 43 heavy (non-hydrogen) atoms. The van der Waals surface area contributed by atoms with E-state index in [4.69, 9.17) is 9.93 Å². The van der Waals surface area contributed by atoms with E-state index >= 15 is 0 Å². The molecule has 9 nitrogen and oxygen atoms in total. The molecule has 0 bridgehead atoms. The number of amides is 2. The van der Waals surface area contributed by atoms with Crippen molar-refractivity contribution in [2.24, 2.45) is 17.8 Å². The number of aromatic amines is 1. The van der Waals surface area contributed by atoms with Crippen molar-refractivity contribution in [1.29, 1.82) is 5.41 Å². The SMILES string of the molecule is N=C(/C=C\c1ncc([C@@H](NC(=O)c2conc2C23CC2(F)C3)C2CCC(F)(F)CC2)[nH]1)CC1C[C@@H](C(F)(F)F)CNC1=O. The minimum Gasteiger partial charge on any atom is -0.364 e. The molecular weight excluding hydrogens is 582 g/mol. The van der Waals surface area contributed by atoms with Crippen LogP contribution in [0.3, 0.4) is 0 Å². The lowest BCUT2D eigenvalue weighted by Gasteiger charge is -2.33.